The van der Waals surface area contributed by atoms with E-state index in [9.17, 15) is 24.0 Å². The number of benzene rings is 2. The van der Waals surface area contributed by atoms with E-state index in [1.54, 1.807) is 25.7 Å². The summed E-state index contributed by atoms with van der Waals surface area (Å²) in [6.45, 7) is 15.2. The maximum absolute atomic E-state index is 14.0. The summed E-state index contributed by atoms with van der Waals surface area (Å²) in [5.41, 5.74) is 7.70. The number of amides is 3. The number of ether oxygens (including phenoxy) is 6. The minimum absolute atomic E-state index is 0.0121. The molecule has 2 aromatic rings. The van der Waals surface area contributed by atoms with E-state index in [0.29, 0.717) is 38.0 Å². The number of nitrogens with one attached hydrogen (secondary N) is 1. The van der Waals surface area contributed by atoms with Crippen molar-refractivity contribution in [1.29, 1.82) is 0 Å². The van der Waals surface area contributed by atoms with Crippen LogP contribution in [0.25, 0.3) is 0 Å². The van der Waals surface area contributed by atoms with Crippen molar-refractivity contribution in [2.45, 2.75) is 77.5 Å². The van der Waals surface area contributed by atoms with Crippen LogP contribution in [0.4, 0.5) is 16.2 Å². The summed E-state index contributed by atoms with van der Waals surface area (Å²) in [6.07, 6.45) is 0.754. The van der Waals surface area contributed by atoms with Crippen LogP contribution < -0.4 is 30.0 Å². The quantitative estimate of drug-likeness (QED) is 0.0840. The maximum Gasteiger partial charge on any atom is 0.412 e. The van der Waals surface area contributed by atoms with E-state index < -0.39 is 35.6 Å². The predicted octanol–water partition coefficient (Wildman–Crippen LogP) is 5.45. The van der Waals surface area contributed by atoms with Gasteiger partial charge in [-0.3, -0.25) is 24.5 Å². The second-order valence-corrected chi connectivity index (χ2v) is 14.6. The van der Waals surface area contributed by atoms with Gasteiger partial charge < -0.3 is 49.1 Å². The van der Waals surface area contributed by atoms with Gasteiger partial charge in [0.1, 0.15) is 12.2 Å². The molecule has 2 atom stereocenters. The minimum Gasteiger partial charge on any atom is -0.493 e. The first-order valence-corrected chi connectivity index (χ1v) is 18.2. The molecule has 4 rings (SSSR count). The number of aliphatic carboxylic acids is 1. The number of nitrogens with zero attached hydrogens (tertiary/aromatic N) is 2. The molecule has 2 aliphatic rings. The number of hydrogen-bond donors (Lipinski definition) is 3. The number of nitrogen functional groups attached to an aromatic ring is 1. The van der Waals surface area contributed by atoms with Gasteiger partial charge in [0.2, 0.25) is 0 Å². The molecule has 56 heavy (non-hydrogen) atoms. The smallest absolute Gasteiger partial charge is 0.412 e. The summed E-state index contributed by atoms with van der Waals surface area (Å²) >= 11 is 0. The third kappa shape index (κ3) is 11.3. The lowest BCUT2D eigenvalue weighted by Gasteiger charge is -2.26. The maximum atomic E-state index is 14.0. The summed E-state index contributed by atoms with van der Waals surface area (Å²) < 4.78 is 33.8. The van der Waals surface area contributed by atoms with E-state index in [1.807, 2.05) is 0 Å². The van der Waals surface area contributed by atoms with Gasteiger partial charge >= 0.3 is 18.0 Å². The van der Waals surface area contributed by atoms with Gasteiger partial charge in [-0.1, -0.05) is 24.3 Å². The van der Waals surface area contributed by atoms with Crippen molar-refractivity contribution in [2.75, 3.05) is 58.2 Å². The van der Waals surface area contributed by atoms with E-state index in [-0.39, 0.29) is 84.5 Å². The Kier molecular flexibility index (Phi) is 14.2. The molecule has 2 aromatic carbocycles. The highest BCUT2D eigenvalue weighted by Gasteiger charge is 2.35. The van der Waals surface area contributed by atoms with Crippen LogP contribution in [0, 0.1) is 0 Å². The molecule has 2 fully saturated rings. The van der Waals surface area contributed by atoms with Crippen LogP contribution in [0.1, 0.15) is 80.5 Å². The third-order valence-electron chi connectivity index (χ3n) is 8.95. The fourth-order valence-electron chi connectivity index (χ4n) is 6.43. The van der Waals surface area contributed by atoms with E-state index in [2.05, 4.69) is 18.5 Å². The Labute approximate surface area is 326 Å². The van der Waals surface area contributed by atoms with Crippen molar-refractivity contribution in [3.05, 3.63) is 59.7 Å². The number of carboxylic acids is 1. The average Bonchev–Trinajstić information content (AvgIpc) is 3.69. The topological polar surface area (TPSA) is 205 Å². The minimum atomic E-state index is -0.940. The van der Waals surface area contributed by atoms with Crippen molar-refractivity contribution < 1.29 is 57.5 Å². The Morgan fingerprint density at radius 1 is 0.839 bits per heavy atom. The molecule has 0 spiro atoms. The van der Waals surface area contributed by atoms with Crippen molar-refractivity contribution in [3.8, 4) is 23.0 Å². The number of rotatable bonds is 16. The fraction of sp³-hybridized carbons (Fsp3) is 0.475. The second-order valence-electron chi connectivity index (χ2n) is 14.6. The highest BCUT2D eigenvalue weighted by Crippen LogP contribution is 2.38. The lowest BCUT2D eigenvalue weighted by molar-refractivity contribution is -0.142. The number of esters is 1. The fourth-order valence-corrected chi connectivity index (χ4v) is 6.43. The molecule has 0 aliphatic carbocycles. The Morgan fingerprint density at radius 2 is 1.38 bits per heavy atom. The highest BCUT2D eigenvalue weighted by molar-refractivity contribution is 6.04. The van der Waals surface area contributed by atoms with Crippen molar-refractivity contribution >= 4 is 41.2 Å². The van der Waals surface area contributed by atoms with E-state index in [4.69, 9.17) is 39.3 Å². The molecule has 0 saturated carbocycles. The molecular formula is C40H52N4O12. The first-order chi connectivity index (χ1) is 26.4. The largest absolute Gasteiger partial charge is 0.493 e. The van der Waals surface area contributed by atoms with Crippen LogP contribution in [0.2, 0.25) is 0 Å². The normalized spacial score (nSPS) is 16.7. The summed E-state index contributed by atoms with van der Waals surface area (Å²) in [5.74, 6) is -1.19. The van der Waals surface area contributed by atoms with Crippen LogP contribution in [0.3, 0.4) is 0 Å². The standard InChI is InChI=1S/C40H52N4O12/c1-23-14-26(10-11-36(46)47)43(20-23)37(48)28-16-32(51-7)34(18-30(28)41)53-12-9-13-54-35-19-31(42-39(50)56-40(4,5)6)29(17-33(35)52-8)38(49)44-21-24(2)15-27(44)22-55-25(3)45/h16-19,26-27H,1-2,9-15,20-22,41H2,3-8H3,(H,42,50)(H,46,47). The SMILES string of the molecule is C=C1CC(CCC(=O)O)N(C(=O)c2cc(OC)c(OCCCOc3cc(NC(=O)OC(C)(C)C)c(C(=O)N4CC(=C)CC4COC(C)=O)cc3OC)cc2N)C1. The predicted molar refractivity (Wildman–Crippen MR) is 207 cm³/mol. The van der Waals surface area contributed by atoms with Crippen LogP contribution >= 0.6 is 0 Å². The molecule has 2 aliphatic heterocycles. The van der Waals surface area contributed by atoms with Crippen molar-refractivity contribution in [2.24, 2.45) is 0 Å². The molecule has 0 radical (unpaired) electrons. The summed E-state index contributed by atoms with van der Waals surface area (Å²) in [5, 5.41) is 11.8. The number of likely N-dealkylation sites (tertiary alicyclic amines) is 2. The number of nitrogens with two attached hydrogens (primary N) is 1. The van der Waals surface area contributed by atoms with Crippen molar-refractivity contribution in [1.82, 2.24) is 9.80 Å². The molecule has 0 aromatic heterocycles. The summed E-state index contributed by atoms with van der Waals surface area (Å²) in [4.78, 5) is 66.3. The van der Waals surface area contributed by atoms with Gasteiger partial charge in [-0.15, -0.1) is 0 Å². The van der Waals surface area contributed by atoms with Gasteiger partial charge in [0, 0.05) is 56.7 Å². The lowest BCUT2D eigenvalue weighted by atomic mass is 10.1. The van der Waals surface area contributed by atoms with E-state index >= 15 is 0 Å². The zero-order valence-electron chi connectivity index (χ0n) is 32.9. The number of carbonyl (C=O) groups is 5. The Morgan fingerprint density at radius 3 is 1.93 bits per heavy atom. The molecule has 2 saturated heterocycles. The average molecular weight is 781 g/mol. The highest BCUT2D eigenvalue weighted by atomic mass is 16.6. The number of methoxy groups -OCH3 is 2. The van der Waals surface area contributed by atoms with Gasteiger partial charge in [0.05, 0.1) is 50.3 Å². The number of hydrogen-bond acceptors (Lipinski definition) is 12. The summed E-state index contributed by atoms with van der Waals surface area (Å²) in [6, 6.07) is 5.20. The van der Waals surface area contributed by atoms with E-state index in [1.165, 1.54) is 50.3 Å². The van der Waals surface area contributed by atoms with Gasteiger partial charge in [0.15, 0.2) is 23.0 Å². The molecule has 16 heteroatoms. The van der Waals surface area contributed by atoms with Crippen LogP contribution in [-0.2, 0) is 19.1 Å². The Hall–Kier alpha value is -5.93. The first-order valence-electron chi connectivity index (χ1n) is 18.2. The van der Waals surface area contributed by atoms with E-state index in [0.717, 1.165) is 11.1 Å². The molecule has 0 bridgehead atoms. The molecular weight excluding hydrogens is 728 g/mol. The molecule has 2 heterocycles. The van der Waals surface area contributed by atoms with Crippen LogP contribution in [-0.4, -0.2) is 110 Å². The first kappa shape index (κ1) is 42.8. The molecule has 3 amide bonds. The van der Waals surface area contributed by atoms with Crippen LogP contribution in [0.5, 0.6) is 23.0 Å². The van der Waals surface area contributed by atoms with Gasteiger partial charge in [0.25, 0.3) is 11.8 Å². The number of anilines is 2. The number of carbonyl (C=O) groups excluding carboxylic acids is 4. The zero-order chi connectivity index (χ0) is 41.3. The van der Waals surface area contributed by atoms with Gasteiger partial charge in [-0.05, 0) is 52.2 Å². The molecule has 2 unspecified atom stereocenters. The third-order valence-corrected chi connectivity index (χ3v) is 8.95. The number of carboxylic acid groups (broad SMARTS) is 1. The zero-order valence-corrected chi connectivity index (χ0v) is 32.9. The molecule has 16 nitrogen and oxygen atoms in total. The molecule has 4 N–H and O–H groups in total. The Bertz CT molecular complexity index is 1850. The van der Waals surface area contributed by atoms with Gasteiger partial charge in [-0.2, -0.15) is 0 Å². The lowest BCUT2D eigenvalue weighted by Crippen LogP contribution is -2.39. The summed E-state index contributed by atoms with van der Waals surface area (Å²) in [7, 11) is 2.86. The monoisotopic (exact) mass is 780 g/mol. The molecule has 304 valence electrons. The van der Waals surface area contributed by atoms with Crippen LogP contribution in [0.15, 0.2) is 48.6 Å². The Balaban J connectivity index is 1.47. The second kappa shape index (κ2) is 18.6. The van der Waals surface area contributed by atoms with Gasteiger partial charge in [-0.25, -0.2) is 4.79 Å². The van der Waals surface area contributed by atoms with Crippen molar-refractivity contribution in [3.63, 3.8) is 0 Å².